The molecule has 3 aromatic rings. The van der Waals surface area contributed by atoms with Crippen LogP contribution in [0.2, 0.25) is 0 Å². The third-order valence-electron chi connectivity index (χ3n) is 6.98. The van der Waals surface area contributed by atoms with Crippen LogP contribution in [0.25, 0.3) is 11.2 Å². The van der Waals surface area contributed by atoms with Gasteiger partial charge < -0.3 is 19.9 Å². The van der Waals surface area contributed by atoms with Crippen molar-refractivity contribution in [1.82, 2.24) is 19.9 Å². The Balaban J connectivity index is 1.56. The number of rotatable bonds is 8. The topological polar surface area (TPSA) is 57.9 Å². The summed E-state index contributed by atoms with van der Waals surface area (Å²) in [7, 11) is 0. The number of piperazine rings is 1. The Morgan fingerprint density at radius 3 is 2.76 bits per heavy atom. The summed E-state index contributed by atoms with van der Waals surface area (Å²) in [5.41, 5.74) is 4.24. The van der Waals surface area contributed by atoms with Gasteiger partial charge in [-0.25, -0.2) is 4.98 Å². The van der Waals surface area contributed by atoms with Crippen molar-refractivity contribution in [3.8, 4) is 0 Å². The van der Waals surface area contributed by atoms with Crippen LogP contribution in [0.1, 0.15) is 31.5 Å². The van der Waals surface area contributed by atoms with Gasteiger partial charge in [-0.15, -0.1) is 0 Å². The second-order valence-corrected chi connectivity index (χ2v) is 9.57. The monoisotopic (exact) mass is 498 g/mol. The second-order valence-electron chi connectivity index (χ2n) is 9.57. The molecule has 5 rings (SSSR count). The van der Waals surface area contributed by atoms with Gasteiger partial charge in [-0.05, 0) is 25.3 Å². The highest BCUT2D eigenvalue weighted by atomic mass is 16.5. The van der Waals surface area contributed by atoms with Gasteiger partial charge in [0.05, 0.1) is 18.9 Å². The predicted molar refractivity (Wildman–Crippen MR) is 152 cm³/mol. The lowest BCUT2D eigenvalue weighted by Crippen LogP contribution is -2.52. The molecular formula is C30H38N6O. The minimum Gasteiger partial charge on any atom is -0.378 e. The highest BCUT2D eigenvalue weighted by Crippen LogP contribution is 2.28. The first-order valence-corrected chi connectivity index (χ1v) is 13.5. The number of fused-ring (bicyclic) bond motifs is 1. The van der Waals surface area contributed by atoms with Crippen molar-refractivity contribution in [3.63, 3.8) is 0 Å². The molecule has 0 spiro atoms. The third kappa shape index (κ3) is 5.95. The zero-order valence-electron chi connectivity index (χ0n) is 22.0. The van der Waals surface area contributed by atoms with Crippen LogP contribution in [-0.4, -0.2) is 66.6 Å². The lowest BCUT2D eigenvalue weighted by molar-refractivity contribution is 0.122. The molecule has 1 atom stereocenters. The summed E-state index contributed by atoms with van der Waals surface area (Å²) in [5, 5.41) is 8.64. The van der Waals surface area contributed by atoms with Crippen molar-refractivity contribution in [3.05, 3.63) is 84.1 Å². The first-order valence-electron chi connectivity index (χ1n) is 13.5. The van der Waals surface area contributed by atoms with Gasteiger partial charge in [0.1, 0.15) is 11.6 Å². The largest absolute Gasteiger partial charge is 0.378 e. The zero-order chi connectivity index (χ0) is 25.5. The van der Waals surface area contributed by atoms with Crippen molar-refractivity contribution in [2.45, 2.75) is 32.7 Å². The van der Waals surface area contributed by atoms with E-state index in [0.29, 0.717) is 6.04 Å². The van der Waals surface area contributed by atoms with Gasteiger partial charge in [-0.2, -0.15) is 9.61 Å². The molecule has 0 radical (unpaired) electrons. The molecule has 4 heterocycles. The van der Waals surface area contributed by atoms with E-state index in [9.17, 15) is 0 Å². The van der Waals surface area contributed by atoms with Crippen LogP contribution in [0.3, 0.4) is 0 Å². The number of nitrogens with one attached hydrogen (secondary N) is 1. The average molecular weight is 499 g/mol. The Bertz CT molecular complexity index is 1260. The van der Waals surface area contributed by atoms with E-state index in [0.717, 1.165) is 87.3 Å². The van der Waals surface area contributed by atoms with Crippen LogP contribution in [0.15, 0.2) is 72.8 Å². The van der Waals surface area contributed by atoms with Crippen molar-refractivity contribution < 1.29 is 4.74 Å². The van der Waals surface area contributed by atoms with E-state index in [1.165, 1.54) is 5.56 Å². The van der Waals surface area contributed by atoms with Crippen LogP contribution in [0.4, 0.5) is 11.6 Å². The Labute approximate surface area is 220 Å². The predicted octanol–water partition coefficient (Wildman–Crippen LogP) is 4.51. The number of anilines is 2. The number of morpholine rings is 1. The lowest BCUT2D eigenvalue weighted by atomic mass is 10.0. The number of aromatic nitrogens is 3. The fraction of sp³-hybridized carbons (Fsp3) is 0.400. The van der Waals surface area contributed by atoms with Gasteiger partial charge in [0.25, 0.3) is 0 Å². The van der Waals surface area contributed by atoms with Crippen LogP contribution < -0.4 is 15.1 Å². The summed E-state index contributed by atoms with van der Waals surface area (Å²) in [6.07, 6.45) is 12.6. The number of hydrogen-bond acceptors (Lipinski definition) is 6. The minimum atomic E-state index is 0.337. The molecule has 0 amide bonds. The molecule has 2 aliphatic heterocycles. The Morgan fingerprint density at radius 2 is 1.97 bits per heavy atom. The molecule has 1 unspecified atom stereocenters. The lowest BCUT2D eigenvalue weighted by Gasteiger charge is -2.38. The standard InChI is InChI=1S/C30H38N6O/c1-3-5-7-13-25(10-4-2)27-21-29-32-28(22-30(36(29)33-27)34-16-18-37-19-17-34)35-15-14-31-23-26(35)20-24-11-8-6-9-12-24/h4-13,21-22,26,31H,3,14-20,23H2,1-2H3/b7-5+,10-4-,25-13+. The van der Waals surface area contributed by atoms with Crippen LogP contribution >= 0.6 is 0 Å². The van der Waals surface area contributed by atoms with Gasteiger partial charge in [-0.3, -0.25) is 0 Å². The van der Waals surface area contributed by atoms with E-state index >= 15 is 0 Å². The van der Waals surface area contributed by atoms with E-state index in [-0.39, 0.29) is 0 Å². The molecular weight excluding hydrogens is 460 g/mol. The van der Waals surface area contributed by atoms with Gasteiger partial charge >= 0.3 is 0 Å². The maximum absolute atomic E-state index is 5.66. The van der Waals surface area contributed by atoms with E-state index in [2.05, 4.69) is 94.9 Å². The molecule has 2 aliphatic rings. The summed E-state index contributed by atoms with van der Waals surface area (Å²) < 4.78 is 7.68. The summed E-state index contributed by atoms with van der Waals surface area (Å²) in [6.45, 7) is 10.2. The van der Waals surface area contributed by atoms with Gasteiger partial charge in [-0.1, -0.05) is 67.6 Å². The molecule has 2 saturated heterocycles. The normalized spacial score (nSPS) is 19.5. The van der Waals surface area contributed by atoms with Crippen molar-refractivity contribution >= 4 is 22.9 Å². The van der Waals surface area contributed by atoms with Crippen LogP contribution in [0, 0.1) is 0 Å². The smallest absolute Gasteiger partial charge is 0.160 e. The Kier molecular flexibility index (Phi) is 8.33. The first-order chi connectivity index (χ1) is 18.3. The molecule has 1 aromatic carbocycles. The SMILES string of the molecule is C\C=C/C(=C\C=C\CC)c1cc2nc(N3CCNCC3Cc3ccccc3)cc(N3CCOCC3)n2n1. The van der Waals surface area contributed by atoms with E-state index in [4.69, 9.17) is 14.8 Å². The van der Waals surface area contributed by atoms with Crippen molar-refractivity contribution in [1.29, 1.82) is 0 Å². The van der Waals surface area contributed by atoms with Crippen molar-refractivity contribution in [2.75, 3.05) is 55.7 Å². The molecule has 7 nitrogen and oxygen atoms in total. The molecule has 2 aromatic heterocycles. The molecule has 0 aliphatic carbocycles. The van der Waals surface area contributed by atoms with Crippen LogP contribution in [-0.2, 0) is 11.2 Å². The number of benzene rings is 1. The maximum Gasteiger partial charge on any atom is 0.160 e. The highest BCUT2D eigenvalue weighted by molar-refractivity contribution is 5.76. The quantitative estimate of drug-likeness (QED) is 0.461. The summed E-state index contributed by atoms with van der Waals surface area (Å²) >= 11 is 0. The number of allylic oxidation sites excluding steroid dienone is 6. The molecule has 0 bridgehead atoms. The van der Waals surface area contributed by atoms with Gasteiger partial charge in [0.15, 0.2) is 5.65 Å². The molecule has 37 heavy (non-hydrogen) atoms. The second kappa shape index (κ2) is 12.2. The van der Waals surface area contributed by atoms with E-state index in [1.807, 2.05) is 11.4 Å². The molecule has 7 heteroatoms. The number of hydrogen-bond donors (Lipinski definition) is 1. The maximum atomic E-state index is 5.66. The Hall–Kier alpha value is -3.42. The Morgan fingerprint density at radius 1 is 1.14 bits per heavy atom. The summed E-state index contributed by atoms with van der Waals surface area (Å²) in [4.78, 5) is 10.0. The fourth-order valence-corrected chi connectivity index (χ4v) is 5.10. The summed E-state index contributed by atoms with van der Waals surface area (Å²) in [6, 6.07) is 15.4. The van der Waals surface area contributed by atoms with Gasteiger partial charge in [0.2, 0.25) is 0 Å². The van der Waals surface area contributed by atoms with E-state index < -0.39 is 0 Å². The minimum absolute atomic E-state index is 0.337. The molecule has 1 N–H and O–H groups in total. The summed E-state index contributed by atoms with van der Waals surface area (Å²) in [5.74, 6) is 2.10. The van der Waals surface area contributed by atoms with Crippen molar-refractivity contribution in [2.24, 2.45) is 0 Å². The third-order valence-corrected chi connectivity index (χ3v) is 6.98. The fourth-order valence-electron chi connectivity index (χ4n) is 5.10. The molecule has 0 saturated carbocycles. The highest BCUT2D eigenvalue weighted by Gasteiger charge is 2.26. The van der Waals surface area contributed by atoms with Crippen LogP contribution in [0.5, 0.6) is 0 Å². The zero-order valence-corrected chi connectivity index (χ0v) is 22.0. The molecule has 2 fully saturated rings. The average Bonchev–Trinajstić information content (AvgIpc) is 3.38. The first kappa shape index (κ1) is 25.2. The number of ether oxygens (including phenoxy) is 1. The number of nitrogens with zero attached hydrogens (tertiary/aromatic N) is 5. The van der Waals surface area contributed by atoms with Gasteiger partial charge in [0, 0.05) is 56.5 Å². The van der Waals surface area contributed by atoms with E-state index in [1.54, 1.807) is 0 Å². The molecule has 194 valence electrons.